The van der Waals surface area contributed by atoms with Crippen LogP contribution < -0.4 is 11.1 Å². The van der Waals surface area contributed by atoms with E-state index in [0.29, 0.717) is 0 Å². The monoisotopic (exact) mass is 257 g/mol. The molecule has 0 heterocycles. The third-order valence-corrected chi connectivity index (χ3v) is 2.54. The first-order valence-corrected chi connectivity index (χ1v) is 5.14. The van der Waals surface area contributed by atoms with Crippen molar-refractivity contribution in [1.29, 1.82) is 0 Å². The summed E-state index contributed by atoms with van der Waals surface area (Å²) in [5, 5.41) is 13.6. The standard InChI is InChI=1S/C10H12ClN3O3/c1-10(2,9(12)15)13-7-5-3-4-6(11)8(7)14(16)17/h3-5,13H,1-2H3,(H2,12,15). The van der Waals surface area contributed by atoms with Crippen LogP contribution in [0.15, 0.2) is 18.2 Å². The molecule has 0 spiro atoms. The minimum absolute atomic E-state index is 0.000250. The summed E-state index contributed by atoms with van der Waals surface area (Å²) in [5.74, 6) is -0.619. The number of carbonyl (C=O) groups is 1. The number of rotatable bonds is 4. The van der Waals surface area contributed by atoms with Crippen LogP contribution in [0.5, 0.6) is 0 Å². The second kappa shape index (κ2) is 4.58. The number of benzene rings is 1. The number of anilines is 1. The number of nitro groups is 1. The maximum atomic E-state index is 11.1. The molecule has 1 amide bonds. The van der Waals surface area contributed by atoms with E-state index in [4.69, 9.17) is 17.3 Å². The van der Waals surface area contributed by atoms with E-state index in [2.05, 4.69) is 5.32 Å². The quantitative estimate of drug-likeness (QED) is 0.636. The van der Waals surface area contributed by atoms with Crippen LogP contribution in [0.4, 0.5) is 11.4 Å². The largest absolute Gasteiger partial charge is 0.368 e. The van der Waals surface area contributed by atoms with Crippen LogP contribution in [0.3, 0.4) is 0 Å². The lowest BCUT2D eigenvalue weighted by Crippen LogP contribution is -2.45. The Morgan fingerprint density at radius 2 is 2.12 bits per heavy atom. The highest BCUT2D eigenvalue weighted by Gasteiger charge is 2.28. The molecule has 0 aromatic heterocycles. The van der Waals surface area contributed by atoms with Crippen molar-refractivity contribution in [2.24, 2.45) is 5.73 Å². The predicted octanol–water partition coefficient (Wildman–Crippen LogP) is 1.92. The molecule has 0 saturated heterocycles. The summed E-state index contributed by atoms with van der Waals surface area (Å²) < 4.78 is 0. The molecule has 92 valence electrons. The summed E-state index contributed by atoms with van der Waals surface area (Å²) in [6, 6.07) is 4.42. The number of amides is 1. The van der Waals surface area contributed by atoms with E-state index < -0.39 is 16.4 Å². The number of carbonyl (C=O) groups excluding carboxylic acids is 1. The summed E-state index contributed by atoms with van der Waals surface area (Å²) in [4.78, 5) is 21.4. The summed E-state index contributed by atoms with van der Waals surface area (Å²) in [7, 11) is 0. The molecule has 0 atom stereocenters. The Hall–Kier alpha value is -1.82. The summed E-state index contributed by atoms with van der Waals surface area (Å²) >= 11 is 5.73. The van der Waals surface area contributed by atoms with Gasteiger partial charge < -0.3 is 11.1 Å². The lowest BCUT2D eigenvalue weighted by molar-refractivity contribution is -0.383. The second-order valence-corrected chi connectivity index (χ2v) is 4.41. The molecule has 0 fully saturated rings. The lowest BCUT2D eigenvalue weighted by atomic mass is 10.0. The van der Waals surface area contributed by atoms with E-state index in [1.807, 2.05) is 0 Å². The van der Waals surface area contributed by atoms with Crippen molar-refractivity contribution in [2.75, 3.05) is 5.32 Å². The molecule has 0 unspecified atom stereocenters. The van der Waals surface area contributed by atoms with Crippen LogP contribution in [0.1, 0.15) is 13.8 Å². The first-order valence-electron chi connectivity index (χ1n) is 4.76. The minimum atomic E-state index is -1.10. The molecule has 0 aliphatic heterocycles. The fraction of sp³-hybridized carbons (Fsp3) is 0.300. The zero-order valence-electron chi connectivity index (χ0n) is 9.36. The van der Waals surface area contributed by atoms with Gasteiger partial charge in [-0.05, 0) is 26.0 Å². The number of hydrogen-bond acceptors (Lipinski definition) is 4. The van der Waals surface area contributed by atoms with Gasteiger partial charge in [0.15, 0.2) is 0 Å². The Labute approximate surface area is 103 Å². The first kappa shape index (κ1) is 13.2. The third kappa shape index (κ3) is 2.85. The van der Waals surface area contributed by atoms with Gasteiger partial charge in [-0.2, -0.15) is 0 Å². The predicted molar refractivity (Wildman–Crippen MR) is 65.0 cm³/mol. The van der Waals surface area contributed by atoms with Crippen LogP contribution >= 0.6 is 11.6 Å². The summed E-state index contributed by atoms with van der Waals surface area (Å²) in [6.45, 7) is 3.06. The molecule has 7 heteroatoms. The Kier molecular flexibility index (Phi) is 3.57. The average molecular weight is 258 g/mol. The molecule has 6 nitrogen and oxygen atoms in total. The second-order valence-electron chi connectivity index (χ2n) is 4.01. The van der Waals surface area contributed by atoms with E-state index in [9.17, 15) is 14.9 Å². The lowest BCUT2D eigenvalue weighted by Gasteiger charge is -2.23. The minimum Gasteiger partial charge on any atom is -0.368 e. The SMILES string of the molecule is CC(C)(Nc1cccc(Cl)c1[N+](=O)[O-])C(N)=O. The van der Waals surface area contributed by atoms with Gasteiger partial charge in [0.1, 0.15) is 16.2 Å². The van der Waals surface area contributed by atoms with Crippen molar-refractivity contribution in [1.82, 2.24) is 0 Å². The van der Waals surface area contributed by atoms with E-state index in [0.717, 1.165) is 0 Å². The van der Waals surface area contributed by atoms with E-state index in [1.165, 1.54) is 26.0 Å². The zero-order chi connectivity index (χ0) is 13.2. The Morgan fingerprint density at radius 1 is 1.53 bits per heavy atom. The van der Waals surface area contributed by atoms with Crippen LogP contribution in [-0.2, 0) is 4.79 Å². The molecule has 3 N–H and O–H groups in total. The molecular weight excluding hydrogens is 246 g/mol. The number of nitrogens with one attached hydrogen (secondary N) is 1. The smallest absolute Gasteiger partial charge is 0.310 e. The van der Waals surface area contributed by atoms with E-state index in [-0.39, 0.29) is 16.4 Å². The number of nitrogens with two attached hydrogens (primary N) is 1. The number of para-hydroxylation sites is 1. The topological polar surface area (TPSA) is 98.3 Å². The molecule has 0 radical (unpaired) electrons. The molecule has 0 saturated carbocycles. The highest BCUT2D eigenvalue weighted by atomic mass is 35.5. The van der Waals surface area contributed by atoms with Gasteiger partial charge in [-0.25, -0.2) is 0 Å². The molecule has 0 aliphatic carbocycles. The van der Waals surface area contributed by atoms with Gasteiger partial charge in [0.05, 0.1) is 4.92 Å². The zero-order valence-corrected chi connectivity index (χ0v) is 10.1. The van der Waals surface area contributed by atoms with Crippen molar-refractivity contribution in [2.45, 2.75) is 19.4 Å². The number of primary amides is 1. The van der Waals surface area contributed by atoms with Gasteiger partial charge in [0.2, 0.25) is 5.91 Å². The number of hydrogen-bond donors (Lipinski definition) is 2. The van der Waals surface area contributed by atoms with Crippen LogP contribution in [0.25, 0.3) is 0 Å². The van der Waals surface area contributed by atoms with Gasteiger partial charge in [-0.3, -0.25) is 14.9 Å². The van der Waals surface area contributed by atoms with E-state index in [1.54, 1.807) is 6.07 Å². The Bertz CT molecular complexity index is 474. The fourth-order valence-electron chi connectivity index (χ4n) is 1.20. The summed E-state index contributed by atoms with van der Waals surface area (Å²) in [5.41, 5.74) is 3.96. The van der Waals surface area contributed by atoms with Gasteiger partial charge in [0, 0.05) is 0 Å². The highest BCUT2D eigenvalue weighted by Crippen LogP contribution is 2.33. The molecule has 0 bridgehead atoms. The first-order chi connectivity index (χ1) is 7.75. The molecule has 1 rings (SSSR count). The van der Waals surface area contributed by atoms with Gasteiger partial charge in [0.25, 0.3) is 0 Å². The van der Waals surface area contributed by atoms with Gasteiger partial charge >= 0.3 is 5.69 Å². The fourth-order valence-corrected chi connectivity index (χ4v) is 1.44. The highest BCUT2D eigenvalue weighted by molar-refractivity contribution is 6.33. The number of nitrogens with zero attached hydrogens (tertiary/aromatic N) is 1. The van der Waals surface area contributed by atoms with Crippen molar-refractivity contribution >= 4 is 28.9 Å². The van der Waals surface area contributed by atoms with Crippen molar-refractivity contribution < 1.29 is 9.72 Å². The normalized spacial score (nSPS) is 11.0. The molecular formula is C10H12ClN3O3. The number of nitro benzene ring substituents is 1. The van der Waals surface area contributed by atoms with E-state index >= 15 is 0 Å². The van der Waals surface area contributed by atoms with Gasteiger partial charge in [-0.1, -0.05) is 17.7 Å². The van der Waals surface area contributed by atoms with Crippen molar-refractivity contribution in [3.05, 3.63) is 33.3 Å². The van der Waals surface area contributed by atoms with Crippen LogP contribution in [0.2, 0.25) is 5.02 Å². The Balaban J connectivity index is 3.20. The van der Waals surface area contributed by atoms with Gasteiger partial charge in [-0.15, -0.1) is 0 Å². The van der Waals surface area contributed by atoms with Crippen LogP contribution in [0, 0.1) is 10.1 Å². The molecule has 0 aliphatic rings. The number of halogens is 1. The maximum absolute atomic E-state index is 11.1. The molecule has 17 heavy (non-hydrogen) atoms. The van der Waals surface area contributed by atoms with Crippen molar-refractivity contribution in [3.63, 3.8) is 0 Å². The maximum Gasteiger partial charge on any atom is 0.310 e. The molecule has 1 aromatic rings. The average Bonchev–Trinajstić information content (AvgIpc) is 2.15. The van der Waals surface area contributed by atoms with Crippen molar-refractivity contribution in [3.8, 4) is 0 Å². The van der Waals surface area contributed by atoms with Crippen LogP contribution in [-0.4, -0.2) is 16.4 Å². The third-order valence-electron chi connectivity index (χ3n) is 2.23. The molecule has 1 aromatic carbocycles. The Morgan fingerprint density at radius 3 is 2.59 bits per heavy atom. The summed E-state index contributed by atoms with van der Waals surface area (Å²) in [6.07, 6.45) is 0.